The van der Waals surface area contributed by atoms with E-state index in [2.05, 4.69) is 25.2 Å². The number of hydrogen-bond donors (Lipinski definition) is 2. The number of aromatic nitrogens is 3. The summed E-state index contributed by atoms with van der Waals surface area (Å²) in [4.78, 5) is 6.05. The van der Waals surface area contributed by atoms with Gasteiger partial charge in [0, 0.05) is 26.2 Å². The molecule has 0 aliphatic carbocycles. The Morgan fingerprint density at radius 2 is 2.00 bits per heavy atom. The second-order valence-corrected chi connectivity index (χ2v) is 3.93. The maximum Gasteiger partial charge on any atom is 0.411 e. The van der Waals surface area contributed by atoms with Crippen LogP contribution in [0.15, 0.2) is 0 Å². The van der Waals surface area contributed by atoms with E-state index in [0.29, 0.717) is 11.8 Å². The van der Waals surface area contributed by atoms with Gasteiger partial charge in [0.25, 0.3) is 0 Å². The van der Waals surface area contributed by atoms with Gasteiger partial charge in [-0.1, -0.05) is 0 Å². The van der Waals surface area contributed by atoms with Crippen LogP contribution in [0.25, 0.3) is 0 Å². The van der Waals surface area contributed by atoms with Gasteiger partial charge in [0.1, 0.15) is 13.2 Å². The predicted molar refractivity (Wildman–Crippen MR) is 57.2 cm³/mol. The fraction of sp³-hybridized carbons (Fsp3) is 0.778. The lowest BCUT2D eigenvalue weighted by Crippen LogP contribution is -2.44. The number of nitrogens with zero attached hydrogens (tertiary/aromatic N) is 3. The monoisotopic (exact) mass is 265 g/mol. The van der Waals surface area contributed by atoms with Crippen LogP contribution < -0.4 is 10.2 Å². The van der Waals surface area contributed by atoms with Crippen molar-refractivity contribution in [1.29, 1.82) is 0 Å². The Bertz CT molecular complexity index is 375. The fourth-order valence-corrected chi connectivity index (χ4v) is 1.62. The third kappa shape index (κ3) is 3.84. The number of alkyl halides is 3. The van der Waals surface area contributed by atoms with E-state index >= 15 is 0 Å². The molecule has 1 fully saturated rings. The van der Waals surface area contributed by atoms with Crippen LogP contribution >= 0.6 is 0 Å². The first-order valence-electron chi connectivity index (χ1n) is 5.56. The lowest BCUT2D eigenvalue weighted by Gasteiger charge is -2.25. The van der Waals surface area contributed by atoms with Gasteiger partial charge in [-0.15, -0.1) is 5.10 Å². The first-order chi connectivity index (χ1) is 8.54. The molecule has 0 atom stereocenters. The maximum absolute atomic E-state index is 11.9. The Balaban J connectivity index is 1.82. The normalized spacial score (nSPS) is 17.2. The Kier molecular flexibility index (Phi) is 4.02. The molecule has 0 saturated carbocycles. The highest BCUT2D eigenvalue weighted by Crippen LogP contribution is 2.15. The maximum atomic E-state index is 11.9. The molecule has 0 radical (unpaired) electrons. The molecular formula is C9H14F3N5O. The molecule has 2 N–H and O–H groups in total. The lowest BCUT2D eigenvalue weighted by atomic mass is 10.4. The number of piperazine rings is 1. The predicted octanol–water partition coefficient (Wildman–Crippen LogP) is 0.293. The molecule has 1 aromatic rings. The average Bonchev–Trinajstić information content (AvgIpc) is 2.77. The van der Waals surface area contributed by atoms with E-state index in [0.717, 1.165) is 26.2 Å². The van der Waals surface area contributed by atoms with Gasteiger partial charge in [-0.05, 0) is 0 Å². The minimum absolute atomic E-state index is 0.224. The quantitative estimate of drug-likeness (QED) is 0.819. The van der Waals surface area contributed by atoms with Gasteiger partial charge < -0.3 is 15.0 Å². The summed E-state index contributed by atoms with van der Waals surface area (Å²) in [7, 11) is 0. The first-order valence-corrected chi connectivity index (χ1v) is 5.56. The molecule has 0 aromatic carbocycles. The van der Waals surface area contributed by atoms with Gasteiger partial charge >= 0.3 is 6.18 Å². The third-order valence-corrected chi connectivity index (χ3v) is 2.42. The van der Waals surface area contributed by atoms with Crippen LogP contribution in [0, 0.1) is 0 Å². The molecule has 0 bridgehead atoms. The van der Waals surface area contributed by atoms with E-state index < -0.39 is 12.8 Å². The highest BCUT2D eigenvalue weighted by atomic mass is 19.4. The molecule has 0 unspecified atom stereocenters. The first kappa shape index (κ1) is 13.1. The van der Waals surface area contributed by atoms with Crippen molar-refractivity contribution in [2.75, 3.05) is 37.7 Å². The van der Waals surface area contributed by atoms with Crippen molar-refractivity contribution < 1.29 is 17.9 Å². The van der Waals surface area contributed by atoms with E-state index in [-0.39, 0.29) is 6.61 Å². The number of hydrogen-bond acceptors (Lipinski definition) is 5. The van der Waals surface area contributed by atoms with E-state index in [1.807, 2.05) is 4.90 Å². The van der Waals surface area contributed by atoms with Crippen molar-refractivity contribution in [1.82, 2.24) is 20.5 Å². The topological polar surface area (TPSA) is 66.1 Å². The van der Waals surface area contributed by atoms with Crippen molar-refractivity contribution in [3.8, 4) is 0 Å². The number of H-pyrrole nitrogens is 1. The molecule has 1 aromatic heterocycles. The molecule has 2 heterocycles. The van der Waals surface area contributed by atoms with Crippen LogP contribution in [0.3, 0.4) is 0 Å². The highest BCUT2D eigenvalue weighted by molar-refractivity contribution is 5.29. The summed E-state index contributed by atoms with van der Waals surface area (Å²) in [5.74, 6) is 0.801. The molecule has 1 aliphatic heterocycles. The van der Waals surface area contributed by atoms with Crippen LogP contribution in [0.4, 0.5) is 19.1 Å². The molecule has 1 aliphatic rings. The third-order valence-electron chi connectivity index (χ3n) is 2.42. The van der Waals surface area contributed by atoms with Crippen LogP contribution in [0.1, 0.15) is 5.82 Å². The number of nitrogens with one attached hydrogen (secondary N) is 2. The summed E-state index contributed by atoms with van der Waals surface area (Å²) in [6.45, 7) is 1.74. The zero-order valence-electron chi connectivity index (χ0n) is 9.63. The van der Waals surface area contributed by atoms with Crippen LogP contribution in [-0.2, 0) is 11.3 Å². The van der Waals surface area contributed by atoms with E-state index in [9.17, 15) is 13.2 Å². The Hall–Kier alpha value is -1.35. The SMILES string of the molecule is FC(F)(F)COCc1nc(N2CCNCC2)n[nH]1. The van der Waals surface area contributed by atoms with Gasteiger partial charge in [0.15, 0.2) is 5.82 Å². The summed E-state index contributed by atoms with van der Waals surface area (Å²) >= 11 is 0. The van der Waals surface area contributed by atoms with Gasteiger partial charge in [0.05, 0.1) is 0 Å². The Labute approximate surface area is 102 Å². The number of halogens is 3. The second-order valence-electron chi connectivity index (χ2n) is 3.93. The van der Waals surface area contributed by atoms with Gasteiger partial charge in [-0.3, -0.25) is 5.10 Å². The molecule has 18 heavy (non-hydrogen) atoms. The summed E-state index contributed by atoms with van der Waals surface area (Å²) in [6.07, 6.45) is -4.32. The van der Waals surface area contributed by atoms with Crippen LogP contribution in [0.2, 0.25) is 0 Å². The van der Waals surface area contributed by atoms with Gasteiger partial charge in [-0.25, -0.2) is 0 Å². The molecule has 6 nitrogen and oxygen atoms in total. The standard InChI is InChI=1S/C9H14F3N5O/c10-9(11,12)6-18-5-7-14-8(16-15-7)17-3-1-13-2-4-17/h13H,1-6H2,(H,14,15,16). The van der Waals surface area contributed by atoms with Crippen molar-refractivity contribution in [2.24, 2.45) is 0 Å². The summed E-state index contributed by atoms with van der Waals surface area (Å²) in [5, 5.41) is 9.71. The van der Waals surface area contributed by atoms with Crippen LogP contribution in [-0.4, -0.2) is 54.1 Å². The van der Waals surface area contributed by atoms with Crippen LogP contribution in [0.5, 0.6) is 0 Å². The smallest absolute Gasteiger partial charge is 0.364 e. The largest absolute Gasteiger partial charge is 0.411 e. The van der Waals surface area contributed by atoms with Gasteiger partial charge in [0.2, 0.25) is 5.95 Å². The molecule has 9 heteroatoms. The van der Waals surface area contributed by atoms with E-state index in [1.165, 1.54) is 0 Å². The van der Waals surface area contributed by atoms with Gasteiger partial charge in [-0.2, -0.15) is 18.2 Å². The molecular weight excluding hydrogens is 251 g/mol. The molecule has 2 rings (SSSR count). The zero-order chi connectivity index (χ0) is 13.0. The second kappa shape index (κ2) is 5.53. The average molecular weight is 265 g/mol. The number of anilines is 1. The van der Waals surface area contributed by atoms with E-state index in [4.69, 9.17) is 0 Å². The number of rotatable bonds is 4. The van der Waals surface area contributed by atoms with Crippen molar-refractivity contribution in [3.63, 3.8) is 0 Å². The molecule has 1 saturated heterocycles. The van der Waals surface area contributed by atoms with Crippen molar-refractivity contribution in [3.05, 3.63) is 5.82 Å². The van der Waals surface area contributed by atoms with E-state index in [1.54, 1.807) is 0 Å². The number of aromatic amines is 1. The summed E-state index contributed by atoms with van der Waals surface area (Å²) in [5.41, 5.74) is 0. The fourth-order valence-electron chi connectivity index (χ4n) is 1.62. The number of ether oxygens (including phenoxy) is 1. The Morgan fingerprint density at radius 3 is 2.67 bits per heavy atom. The lowest BCUT2D eigenvalue weighted by molar-refractivity contribution is -0.177. The zero-order valence-corrected chi connectivity index (χ0v) is 9.63. The highest BCUT2D eigenvalue weighted by Gasteiger charge is 2.27. The molecule has 0 spiro atoms. The molecule has 102 valence electrons. The minimum Gasteiger partial charge on any atom is -0.364 e. The summed E-state index contributed by atoms with van der Waals surface area (Å²) < 4.78 is 40.1. The van der Waals surface area contributed by atoms with Crippen molar-refractivity contribution in [2.45, 2.75) is 12.8 Å². The van der Waals surface area contributed by atoms with Crippen molar-refractivity contribution >= 4 is 5.95 Å². The summed E-state index contributed by atoms with van der Waals surface area (Å²) in [6, 6.07) is 0. The minimum atomic E-state index is -4.32. The Morgan fingerprint density at radius 1 is 1.28 bits per heavy atom. The molecule has 0 amide bonds.